The maximum absolute atomic E-state index is 13.0. The zero-order valence-corrected chi connectivity index (χ0v) is 16.1. The van der Waals surface area contributed by atoms with E-state index < -0.39 is 0 Å². The zero-order chi connectivity index (χ0) is 19.3. The second-order valence-corrected chi connectivity index (χ2v) is 7.59. The first-order chi connectivity index (χ1) is 13.7. The Morgan fingerprint density at radius 1 is 1.04 bits per heavy atom. The Labute approximate surface area is 168 Å². The summed E-state index contributed by atoms with van der Waals surface area (Å²) in [6.45, 7) is 0.677. The van der Waals surface area contributed by atoms with Gasteiger partial charge in [0.05, 0.1) is 0 Å². The Hall–Kier alpha value is -3.18. The van der Waals surface area contributed by atoms with Crippen molar-refractivity contribution >= 4 is 40.6 Å². The molecular weight excluding hydrogens is 368 g/mol. The van der Waals surface area contributed by atoms with E-state index in [1.807, 2.05) is 70.9 Å². The Morgan fingerprint density at radius 3 is 2.68 bits per heavy atom. The number of carbonyl (C=O) groups is 2. The molecule has 1 N–H and O–H groups in total. The van der Waals surface area contributed by atoms with Crippen LogP contribution in [0.25, 0.3) is 6.08 Å². The molecule has 1 aliphatic rings. The summed E-state index contributed by atoms with van der Waals surface area (Å²) in [5.74, 6) is -0.201. The van der Waals surface area contributed by atoms with Crippen LogP contribution in [0.4, 0.5) is 11.4 Å². The van der Waals surface area contributed by atoms with E-state index >= 15 is 0 Å². The summed E-state index contributed by atoms with van der Waals surface area (Å²) in [4.78, 5) is 28.0. The molecule has 0 bridgehead atoms. The van der Waals surface area contributed by atoms with Gasteiger partial charge in [-0.05, 0) is 60.2 Å². The minimum atomic E-state index is -0.190. The van der Waals surface area contributed by atoms with Gasteiger partial charge in [0.2, 0.25) is 5.91 Å². The zero-order valence-electron chi connectivity index (χ0n) is 15.3. The van der Waals surface area contributed by atoms with Crippen LogP contribution in [0.2, 0.25) is 0 Å². The van der Waals surface area contributed by atoms with E-state index in [1.165, 1.54) is 6.08 Å². The van der Waals surface area contributed by atoms with Gasteiger partial charge < -0.3 is 10.2 Å². The molecule has 2 heterocycles. The fourth-order valence-corrected chi connectivity index (χ4v) is 3.95. The molecule has 3 aromatic rings. The van der Waals surface area contributed by atoms with Gasteiger partial charge in [-0.1, -0.05) is 30.3 Å². The number of anilines is 2. The molecule has 2 amide bonds. The number of carbonyl (C=O) groups excluding carboxylic acids is 2. The van der Waals surface area contributed by atoms with Gasteiger partial charge in [-0.25, -0.2) is 0 Å². The van der Waals surface area contributed by atoms with E-state index in [2.05, 4.69) is 5.32 Å². The predicted octanol–water partition coefficient (Wildman–Crippen LogP) is 4.99. The van der Waals surface area contributed by atoms with Crippen molar-refractivity contribution in [3.8, 4) is 0 Å². The maximum Gasteiger partial charge on any atom is 0.258 e. The monoisotopic (exact) mass is 388 g/mol. The molecular formula is C23H20N2O2S. The normalized spacial score (nSPS) is 13.4. The quantitative estimate of drug-likeness (QED) is 0.640. The number of rotatable bonds is 4. The average Bonchev–Trinajstić information content (AvgIpc) is 3.26. The van der Waals surface area contributed by atoms with Crippen LogP contribution in [0.1, 0.15) is 27.2 Å². The Bertz CT molecular complexity index is 1010. The summed E-state index contributed by atoms with van der Waals surface area (Å²) >= 11 is 1.58. The van der Waals surface area contributed by atoms with Crippen LogP contribution in [0.3, 0.4) is 0 Å². The minimum Gasteiger partial charge on any atom is -0.322 e. The molecule has 1 aliphatic heterocycles. The van der Waals surface area contributed by atoms with Crippen molar-refractivity contribution in [3.05, 3.63) is 88.1 Å². The van der Waals surface area contributed by atoms with E-state index in [1.54, 1.807) is 17.4 Å². The van der Waals surface area contributed by atoms with Crippen LogP contribution in [0.5, 0.6) is 0 Å². The van der Waals surface area contributed by atoms with E-state index in [4.69, 9.17) is 0 Å². The number of nitrogens with one attached hydrogen (secondary N) is 1. The average molecular weight is 388 g/mol. The van der Waals surface area contributed by atoms with Crippen molar-refractivity contribution in [2.45, 2.75) is 12.8 Å². The highest BCUT2D eigenvalue weighted by Gasteiger charge is 2.24. The first-order valence-electron chi connectivity index (χ1n) is 9.23. The molecule has 28 heavy (non-hydrogen) atoms. The molecule has 2 aromatic carbocycles. The van der Waals surface area contributed by atoms with Crippen LogP contribution in [-0.2, 0) is 11.2 Å². The predicted molar refractivity (Wildman–Crippen MR) is 115 cm³/mol. The largest absolute Gasteiger partial charge is 0.322 e. The molecule has 4 rings (SSSR count). The second-order valence-electron chi connectivity index (χ2n) is 6.61. The van der Waals surface area contributed by atoms with Crippen molar-refractivity contribution in [1.29, 1.82) is 0 Å². The van der Waals surface area contributed by atoms with E-state index in [-0.39, 0.29) is 11.8 Å². The molecule has 5 heteroatoms. The molecule has 0 unspecified atom stereocenters. The molecule has 0 spiro atoms. The SMILES string of the molecule is O=C(/C=C/c1cccs1)Nc1ccc2c(c1)N(C(=O)c1ccccc1)CCC2. The fraction of sp³-hybridized carbons (Fsp3) is 0.130. The molecule has 1 aromatic heterocycles. The lowest BCUT2D eigenvalue weighted by Gasteiger charge is -2.30. The lowest BCUT2D eigenvalue weighted by molar-refractivity contribution is -0.111. The highest BCUT2D eigenvalue weighted by Crippen LogP contribution is 2.31. The summed E-state index contributed by atoms with van der Waals surface area (Å²) in [7, 11) is 0. The van der Waals surface area contributed by atoms with E-state index in [9.17, 15) is 9.59 Å². The molecule has 0 saturated carbocycles. The summed E-state index contributed by atoms with van der Waals surface area (Å²) in [5, 5.41) is 4.87. The summed E-state index contributed by atoms with van der Waals surface area (Å²) < 4.78 is 0. The molecule has 140 valence electrons. The van der Waals surface area contributed by atoms with Gasteiger partial charge in [0.1, 0.15) is 0 Å². The first kappa shape index (κ1) is 18.2. The Morgan fingerprint density at radius 2 is 1.89 bits per heavy atom. The van der Waals surface area contributed by atoms with Crippen LogP contribution in [0.15, 0.2) is 72.1 Å². The fourth-order valence-electron chi connectivity index (χ4n) is 3.33. The van der Waals surface area contributed by atoms with Crippen molar-refractivity contribution < 1.29 is 9.59 Å². The van der Waals surface area contributed by atoms with Gasteiger partial charge in [-0.2, -0.15) is 0 Å². The number of hydrogen-bond acceptors (Lipinski definition) is 3. The van der Waals surface area contributed by atoms with Gasteiger partial charge in [0.15, 0.2) is 0 Å². The van der Waals surface area contributed by atoms with Gasteiger partial charge in [0, 0.05) is 34.4 Å². The van der Waals surface area contributed by atoms with Crippen molar-refractivity contribution in [2.75, 3.05) is 16.8 Å². The standard InChI is InChI=1S/C23H20N2O2S/c26-22(13-12-20-9-5-15-28-20)24-19-11-10-17-8-4-14-25(21(17)16-19)23(27)18-6-2-1-3-7-18/h1-3,5-7,9-13,15-16H,4,8,14H2,(H,24,26)/b13-12+. The highest BCUT2D eigenvalue weighted by atomic mass is 32.1. The second kappa shape index (κ2) is 8.23. The van der Waals surface area contributed by atoms with Crippen LogP contribution >= 0.6 is 11.3 Å². The third-order valence-electron chi connectivity index (χ3n) is 4.68. The number of amides is 2. The molecule has 0 aliphatic carbocycles. The first-order valence-corrected chi connectivity index (χ1v) is 10.1. The third-order valence-corrected chi connectivity index (χ3v) is 5.52. The van der Waals surface area contributed by atoms with Crippen molar-refractivity contribution in [3.63, 3.8) is 0 Å². The Balaban J connectivity index is 1.54. The summed E-state index contributed by atoms with van der Waals surface area (Å²) in [6, 6.07) is 19.0. The summed E-state index contributed by atoms with van der Waals surface area (Å²) in [5.41, 5.74) is 3.36. The number of aryl methyl sites for hydroxylation is 1. The van der Waals surface area contributed by atoms with E-state index in [0.717, 1.165) is 29.0 Å². The number of benzene rings is 2. The molecule has 0 saturated heterocycles. The van der Waals surface area contributed by atoms with Crippen molar-refractivity contribution in [1.82, 2.24) is 0 Å². The van der Waals surface area contributed by atoms with Gasteiger partial charge in [-0.3, -0.25) is 9.59 Å². The molecule has 0 fully saturated rings. The van der Waals surface area contributed by atoms with Crippen LogP contribution in [0, 0.1) is 0 Å². The van der Waals surface area contributed by atoms with Gasteiger partial charge in [-0.15, -0.1) is 11.3 Å². The minimum absolute atomic E-state index is 0.0115. The van der Waals surface area contributed by atoms with Gasteiger partial charge >= 0.3 is 0 Å². The Kier molecular flexibility index (Phi) is 5.35. The molecule has 0 radical (unpaired) electrons. The van der Waals surface area contributed by atoms with Crippen LogP contribution < -0.4 is 10.2 Å². The summed E-state index contributed by atoms with van der Waals surface area (Å²) in [6.07, 6.45) is 5.18. The smallest absolute Gasteiger partial charge is 0.258 e. The highest BCUT2D eigenvalue weighted by molar-refractivity contribution is 7.10. The van der Waals surface area contributed by atoms with Crippen LogP contribution in [-0.4, -0.2) is 18.4 Å². The lowest BCUT2D eigenvalue weighted by Crippen LogP contribution is -2.35. The lowest BCUT2D eigenvalue weighted by atomic mass is 10.00. The maximum atomic E-state index is 13.0. The number of hydrogen-bond donors (Lipinski definition) is 1. The van der Waals surface area contributed by atoms with E-state index in [0.29, 0.717) is 17.8 Å². The van der Waals surface area contributed by atoms with Crippen molar-refractivity contribution in [2.24, 2.45) is 0 Å². The molecule has 0 atom stereocenters. The topological polar surface area (TPSA) is 49.4 Å². The number of nitrogens with zero attached hydrogens (tertiary/aromatic N) is 1. The number of thiophene rings is 1. The number of fused-ring (bicyclic) bond motifs is 1. The third kappa shape index (κ3) is 4.05. The van der Waals surface area contributed by atoms with Gasteiger partial charge in [0.25, 0.3) is 5.91 Å². The molecule has 4 nitrogen and oxygen atoms in total.